The van der Waals surface area contributed by atoms with Crippen LogP contribution in [-0.2, 0) is 15.1 Å². The molecule has 2 aromatic carbocycles. The third-order valence-electron chi connectivity index (χ3n) is 5.46. The number of morpholine rings is 1. The normalized spacial score (nSPS) is 19.0. The summed E-state index contributed by atoms with van der Waals surface area (Å²) in [5.41, 5.74) is 0.255. The molecule has 2 aromatic rings. The maximum Gasteiger partial charge on any atom is 0.131 e. The molecule has 158 valence electrons. The number of halogens is 1. The summed E-state index contributed by atoms with van der Waals surface area (Å²) in [6, 6.07) is 12.1. The van der Waals surface area contributed by atoms with Crippen molar-refractivity contribution in [3.05, 3.63) is 53.8 Å². The number of ether oxygens (including phenoxy) is 3. The van der Waals surface area contributed by atoms with Crippen molar-refractivity contribution < 1.29 is 23.7 Å². The molecule has 0 saturated carbocycles. The van der Waals surface area contributed by atoms with Crippen LogP contribution in [-0.4, -0.2) is 51.7 Å². The number of hydrogen-bond acceptors (Lipinski definition) is 5. The van der Waals surface area contributed by atoms with Crippen molar-refractivity contribution in [2.75, 3.05) is 40.5 Å². The fourth-order valence-corrected chi connectivity index (χ4v) is 3.94. The van der Waals surface area contributed by atoms with Crippen LogP contribution in [0.2, 0.25) is 0 Å². The molecule has 1 saturated heterocycles. The second-order valence-corrected chi connectivity index (χ2v) is 7.33. The highest BCUT2D eigenvalue weighted by Crippen LogP contribution is 2.41. The Morgan fingerprint density at radius 3 is 2.76 bits per heavy atom. The van der Waals surface area contributed by atoms with E-state index in [4.69, 9.17) is 14.2 Å². The number of hydrogen-bond donors (Lipinski definition) is 2. The molecule has 0 aromatic heterocycles. The van der Waals surface area contributed by atoms with E-state index >= 15 is 4.39 Å². The maximum absolute atomic E-state index is 15.1. The van der Waals surface area contributed by atoms with Gasteiger partial charge < -0.3 is 24.6 Å². The smallest absolute Gasteiger partial charge is 0.131 e. The first-order valence-electron chi connectivity index (χ1n) is 10.1. The van der Waals surface area contributed by atoms with Gasteiger partial charge in [-0.3, -0.25) is 0 Å². The summed E-state index contributed by atoms with van der Waals surface area (Å²) < 4.78 is 31.5. The fourth-order valence-electron chi connectivity index (χ4n) is 3.94. The highest BCUT2D eigenvalue weighted by atomic mass is 19.1. The lowest BCUT2D eigenvalue weighted by molar-refractivity contribution is -0.129. The van der Waals surface area contributed by atoms with Crippen molar-refractivity contribution in [2.24, 2.45) is 0 Å². The summed E-state index contributed by atoms with van der Waals surface area (Å²) >= 11 is 0. The summed E-state index contributed by atoms with van der Waals surface area (Å²) in [6.45, 7) is 2.37. The minimum absolute atomic E-state index is 0.380. The molecule has 0 radical (unpaired) electrons. The molecule has 29 heavy (non-hydrogen) atoms. The van der Waals surface area contributed by atoms with Crippen molar-refractivity contribution in [1.82, 2.24) is 5.32 Å². The van der Waals surface area contributed by atoms with Gasteiger partial charge in [0.25, 0.3) is 0 Å². The van der Waals surface area contributed by atoms with Gasteiger partial charge in [-0.1, -0.05) is 24.3 Å². The second-order valence-electron chi connectivity index (χ2n) is 7.33. The molecule has 1 unspecified atom stereocenters. The topological polar surface area (TPSA) is 60.0 Å². The molecule has 1 fully saturated rings. The summed E-state index contributed by atoms with van der Waals surface area (Å²) in [4.78, 5) is 0. The lowest BCUT2D eigenvalue weighted by Gasteiger charge is -2.40. The van der Waals surface area contributed by atoms with Crippen LogP contribution in [0.25, 0.3) is 11.1 Å². The van der Waals surface area contributed by atoms with E-state index in [0.717, 1.165) is 19.4 Å². The Hall–Kier alpha value is -1.99. The van der Waals surface area contributed by atoms with Crippen molar-refractivity contribution in [3.8, 4) is 16.9 Å². The third kappa shape index (κ3) is 4.95. The Bertz CT molecular complexity index is 794. The minimum Gasteiger partial charge on any atom is -0.497 e. The lowest BCUT2D eigenvalue weighted by Crippen LogP contribution is -2.51. The van der Waals surface area contributed by atoms with Crippen LogP contribution in [0.15, 0.2) is 42.5 Å². The summed E-state index contributed by atoms with van der Waals surface area (Å²) in [6.07, 6.45) is 1.52. The first kappa shape index (κ1) is 21.7. The molecular formula is C23H30FNO4. The van der Waals surface area contributed by atoms with E-state index < -0.39 is 11.7 Å². The van der Waals surface area contributed by atoms with Gasteiger partial charge in [0, 0.05) is 32.4 Å². The predicted octanol–water partition coefficient (Wildman–Crippen LogP) is 3.49. The Balaban J connectivity index is 2.05. The highest BCUT2D eigenvalue weighted by Gasteiger charge is 2.42. The number of rotatable bonds is 9. The van der Waals surface area contributed by atoms with Crippen LogP contribution in [0, 0.1) is 5.82 Å². The van der Waals surface area contributed by atoms with Gasteiger partial charge in [-0.15, -0.1) is 0 Å². The number of unbranched alkanes of at least 4 members (excludes halogenated alkanes) is 1. The molecule has 0 bridgehead atoms. The van der Waals surface area contributed by atoms with Gasteiger partial charge in [-0.2, -0.15) is 0 Å². The number of aliphatic hydroxyl groups is 1. The van der Waals surface area contributed by atoms with Gasteiger partial charge in [-0.05, 0) is 48.6 Å². The van der Waals surface area contributed by atoms with Crippen molar-refractivity contribution >= 4 is 0 Å². The SMILES string of the molecule is COCCCC[C@@](O)(c1cccc(F)c1-c1cccc(OC)c1)C1CNCCO1. The molecule has 2 N–H and O–H groups in total. The molecule has 1 heterocycles. The molecule has 0 amide bonds. The van der Waals surface area contributed by atoms with Gasteiger partial charge in [0.2, 0.25) is 0 Å². The number of benzene rings is 2. The summed E-state index contributed by atoms with van der Waals surface area (Å²) in [7, 11) is 3.24. The van der Waals surface area contributed by atoms with Crippen LogP contribution in [0.5, 0.6) is 5.75 Å². The Morgan fingerprint density at radius 1 is 1.21 bits per heavy atom. The molecule has 0 aliphatic carbocycles. The van der Waals surface area contributed by atoms with Crippen LogP contribution in [0.3, 0.4) is 0 Å². The van der Waals surface area contributed by atoms with Crippen LogP contribution >= 0.6 is 0 Å². The van der Waals surface area contributed by atoms with Gasteiger partial charge in [0.05, 0.1) is 13.7 Å². The largest absolute Gasteiger partial charge is 0.497 e. The zero-order chi connectivity index (χ0) is 20.7. The molecule has 2 atom stereocenters. The molecule has 6 heteroatoms. The van der Waals surface area contributed by atoms with Crippen molar-refractivity contribution in [2.45, 2.75) is 31.0 Å². The maximum atomic E-state index is 15.1. The van der Waals surface area contributed by atoms with Gasteiger partial charge in [0.15, 0.2) is 0 Å². The van der Waals surface area contributed by atoms with E-state index in [2.05, 4.69) is 5.32 Å². The van der Waals surface area contributed by atoms with Crippen molar-refractivity contribution in [3.63, 3.8) is 0 Å². The summed E-state index contributed by atoms with van der Waals surface area (Å²) in [5, 5.41) is 15.2. The van der Waals surface area contributed by atoms with Gasteiger partial charge >= 0.3 is 0 Å². The molecule has 1 aliphatic heterocycles. The van der Waals surface area contributed by atoms with Gasteiger partial charge in [-0.25, -0.2) is 4.39 Å². The van der Waals surface area contributed by atoms with Crippen LogP contribution in [0.4, 0.5) is 4.39 Å². The van der Waals surface area contributed by atoms with Crippen LogP contribution in [0.1, 0.15) is 24.8 Å². The average molecular weight is 403 g/mol. The monoisotopic (exact) mass is 403 g/mol. The molecule has 3 rings (SSSR count). The lowest BCUT2D eigenvalue weighted by atomic mass is 9.79. The van der Waals surface area contributed by atoms with Crippen molar-refractivity contribution in [1.29, 1.82) is 0 Å². The fraction of sp³-hybridized carbons (Fsp3) is 0.478. The molecular weight excluding hydrogens is 373 g/mol. The second kappa shape index (κ2) is 10.2. The zero-order valence-electron chi connectivity index (χ0n) is 17.1. The van der Waals surface area contributed by atoms with E-state index in [1.165, 1.54) is 6.07 Å². The number of methoxy groups -OCH3 is 2. The Kier molecular flexibility index (Phi) is 7.61. The van der Waals surface area contributed by atoms with Crippen LogP contribution < -0.4 is 10.1 Å². The minimum atomic E-state index is -1.33. The third-order valence-corrected chi connectivity index (χ3v) is 5.46. The van der Waals surface area contributed by atoms with Gasteiger partial charge in [0.1, 0.15) is 23.3 Å². The first-order chi connectivity index (χ1) is 14.1. The predicted molar refractivity (Wildman–Crippen MR) is 111 cm³/mol. The van der Waals surface area contributed by atoms with E-state index in [1.54, 1.807) is 32.4 Å². The first-order valence-corrected chi connectivity index (χ1v) is 10.1. The Labute approximate surface area is 171 Å². The Morgan fingerprint density at radius 2 is 2.03 bits per heavy atom. The zero-order valence-corrected chi connectivity index (χ0v) is 17.1. The number of nitrogens with one attached hydrogen (secondary N) is 1. The standard InChI is InChI=1S/C23H30FNO4/c1-27-13-4-3-11-23(26,21-16-25-12-14-29-21)19-9-6-10-20(24)22(19)17-7-5-8-18(15-17)28-2/h5-10,15,21,25-26H,3-4,11-14,16H2,1-2H3/t21?,23-/m1/s1. The van der Waals surface area contributed by atoms with E-state index in [1.807, 2.05) is 18.2 Å². The average Bonchev–Trinajstić information content (AvgIpc) is 2.77. The molecule has 5 nitrogen and oxygen atoms in total. The quantitative estimate of drug-likeness (QED) is 0.628. The van der Waals surface area contributed by atoms with E-state index in [9.17, 15) is 5.11 Å². The molecule has 1 aliphatic rings. The highest BCUT2D eigenvalue weighted by molar-refractivity contribution is 5.70. The van der Waals surface area contributed by atoms with E-state index in [0.29, 0.717) is 48.6 Å². The van der Waals surface area contributed by atoms with E-state index in [-0.39, 0.29) is 5.82 Å². The summed E-state index contributed by atoms with van der Waals surface area (Å²) in [5.74, 6) is 0.255. The molecule has 0 spiro atoms.